The molecule has 1 amide bonds. The summed E-state index contributed by atoms with van der Waals surface area (Å²) in [6.45, 7) is 18.9. The van der Waals surface area contributed by atoms with Crippen LogP contribution in [0.5, 0.6) is 0 Å². The van der Waals surface area contributed by atoms with Gasteiger partial charge in [0.15, 0.2) is 0 Å². The van der Waals surface area contributed by atoms with Gasteiger partial charge in [-0.1, -0.05) is 48.5 Å². The van der Waals surface area contributed by atoms with Crippen LogP contribution in [0.3, 0.4) is 0 Å². The number of benzene rings is 2. The number of nitrogens with zero attached hydrogens (tertiary/aromatic N) is 3. The molecule has 324 valence electrons. The van der Waals surface area contributed by atoms with Crippen molar-refractivity contribution >= 4 is 6.09 Å². The van der Waals surface area contributed by atoms with Crippen molar-refractivity contribution in [3.05, 3.63) is 70.8 Å². The molecule has 59 heavy (non-hydrogen) atoms. The van der Waals surface area contributed by atoms with E-state index in [0.717, 1.165) is 57.4 Å². The minimum atomic E-state index is -0.411. The Kier molecular flexibility index (Phi) is 12.8. The molecule has 8 nitrogen and oxygen atoms in total. The Morgan fingerprint density at radius 1 is 0.593 bits per heavy atom. The molecule has 8 aliphatic rings. The Hall–Kier alpha value is -2.49. The molecule has 2 aliphatic carbocycles. The van der Waals surface area contributed by atoms with Gasteiger partial charge in [0.05, 0.1) is 0 Å². The molecule has 2 aromatic carbocycles. The van der Waals surface area contributed by atoms with Crippen molar-refractivity contribution in [2.75, 3.05) is 78.8 Å². The molecule has 6 aliphatic heterocycles. The number of piperidine rings is 2. The highest BCUT2D eigenvalue weighted by Crippen LogP contribution is 2.49. The number of nitrogens with one attached hydrogen (secondary N) is 1. The number of hydrogen-bond acceptors (Lipinski definition) is 7. The molecule has 2 aromatic rings. The topological polar surface area (TPSA) is 66.5 Å². The van der Waals surface area contributed by atoms with Gasteiger partial charge < -0.3 is 34.2 Å². The van der Waals surface area contributed by atoms with Gasteiger partial charge in [-0.25, -0.2) is 4.79 Å². The SMILES string of the molecule is CC(C)(C)OC(=O)N1CC2(CC[C@@H](N3CCC(c4ccccc4C4CCOCC4)CC3)C2)C1.c1ccc(C2CCN([C@@H]3CCC4(CNC4)C3)CC2)c(C2CCOCC2)c1. The lowest BCUT2D eigenvalue weighted by Crippen LogP contribution is -2.58. The molecule has 0 unspecified atom stereocenters. The van der Waals surface area contributed by atoms with E-state index in [9.17, 15) is 4.79 Å². The maximum atomic E-state index is 12.4. The predicted molar refractivity (Wildman–Crippen MR) is 236 cm³/mol. The first-order valence-electron chi connectivity index (χ1n) is 24.1. The summed E-state index contributed by atoms with van der Waals surface area (Å²) in [5.74, 6) is 2.86. The highest BCUT2D eigenvalue weighted by atomic mass is 16.6. The Labute approximate surface area is 356 Å². The lowest BCUT2D eigenvalue weighted by atomic mass is 9.78. The molecule has 6 heterocycles. The zero-order valence-electron chi connectivity index (χ0n) is 36.9. The summed E-state index contributed by atoms with van der Waals surface area (Å²) in [4.78, 5) is 19.9. The predicted octanol–water partition coefficient (Wildman–Crippen LogP) is 9.45. The van der Waals surface area contributed by atoms with E-state index in [2.05, 4.69) is 63.6 Å². The maximum Gasteiger partial charge on any atom is 0.410 e. The first kappa shape index (κ1) is 41.8. The molecule has 0 aromatic heterocycles. The fourth-order valence-electron chi connectivity index (χ4n) is 13.0. The third kappa shape index (κ3) is 9.62. The first-order valence-corrected chi connectivity index (χ1v) is 24.1. The molecular weight excluding hydrogens is 733 g/mol. The van der Waals surface area contributed by atoms with E-state index in [0.29, 0.717) is 28.7 Å². The largest absolute Gasteiger partial charge is 0.444 e. The van der Waals surface area contributed by atoms with Gasteiger partial charge in [-0.15, -0.1) is 0 Å². The zero-order valence-corrected chi connectivity index (χ0v) is 36.9. The molecule has 6 saturated heterocycles. The summed E-state index contributed by atoms with van der Waals surface area (Å²) in [5.41, 5.74) is 7.10. The van der Waals surface area contributed by atoms with Crippen LogP contribution in [-0.2, 0) is 14.2 Å². The molecular formula is C51H76N4O4. The number of carbonyl (C=O) groups is 1. The number of amides is 1. The van der Waals surface area contributed by atoms with E-state index in [1.807, 2.05) is 25.7 Å². The molecule has 1 N–H and O–H groups in total. The third-order valence-corrected chi connectivity index (χ3v) is 16.3. The van der Waals surface area contributed by atoms with Crippen LogP contribution in [0.15, 0.2) is 48.5 Å². The van der Waals surface area contributed by atoms with Crippen molar-refractivity contribution in [1.82, 2.24) is 20.0 Å². The lowest BCUT2D eigenvalue weighted by molar-refractivity contribution is -0.0347. The summed E-state index contributed by atoms with van der Waals surface area (Å²) in [7, 11) is 0. The molecule has 2 spiro atoms. The van der Waals surface area contributed by atoms with Gasteiger partial charge in [0.25, 0.3) is 0 Å². The summed E-state index contributed by atoms with van der Waals surface area (Å²) in [5, 5.41) is 3.51. The van der Waals surface area contributed by atoms with Gasteiger partial charge in [-0.2, -0.15) is 0 Å². The minimum absolute atomic E-state index is 0.138. The van der Waals surface area contributed by atoms with E-state index < -0.39 is 5.60 Å². The Bertz CT molecular complexity index is 1690. The van der Waals surface area contributed by atoms with Crippen molar-refractivity contribution in [3.8, 4) is 0 Å². The van der Waals surface area contributed by atoms with Crippen LogP contribution in [0.2, 0.25) is 0 Å². The van der Waals surface area contributed by atoms with Crippen molar-refractivity contribution in [2.24, 2.45) is 10.8 Å². The smallest absolute Gasteiger partial charge is 0.410 e. The van der Waals surface area contributed by atoms with E-state index in [-0.39, 0.29) is 6.09 Å². The van der Waals surface area contributed by atoms with Crippen LogP contribution >= 0.6 is 0 Å². The standard InChI is InChI=1S/C28H42N2O3.C23H34N2O/c1-27(2,3)33-26(31)30-19-28(20-30)13-8-23(18-28)29-14-9-21(10-15-29)24-6-4-5-7-25(24)22-11-16-32-17-12-22;1-2-4-22(19-8-13-26-14-9-19)21(3-1)18-6-11-25(12-7-18)20-5-10-23(15-20)16-24-17-23/h4-7,21-23H,8-20H2,1-3H3;1-4,18-20,24H,5-17H2/t23-;20-/m11/s1. The summed E-state index contributed by atoms with van der Waals surface area (Å²) in [6, 6.07) is 20.1. The number of rotatable bonds is 6. The number of likely N-dealkylation sites (tertiary alicyclic amines) is 3. The molecule has 8 heteroatoms. The van der Waals surface area contributed by atoms with Crippen LogP contribution in [0.4, 0.5) is 4.79 Å². The van der Waals surface area contributed by atoms with Crippen LogP contribution < -0.4 is 5.32 Å². The highest BCUT2D eigenvalue weighted by molar-refractivity contribution is 5.69. The lowest BCUT2D eigenvalue weighted by Gasteiger charge is -2.48. The highest BCUT2D eigenvalue weighted by Gasteiger charge is 2.52. The van der Waals surface area contributed by atoms with Crippen molar-refractivity contribution < 1.29 is 19.0 Å². The Balaban J connectivity index is 0.000000156. The zero-order chi connectivity index (χ0) is 40.5. The Morgan fingerprint density at radius 2 is 0.983 bits per heavy atom. The van der Waals surface area contributed by atoms with Gasteiger partial charge in [-0.3, -0.25) is 0 Å². The molecule has 8 fully saturated rings. The number of ether oxygens (including phenoxy) is 3. The number of carbonyl (C=O) groups excluding carboxylic acids is 1. The monoisotopic (exact) mass is 809 g/mol. The van der Waals surface area contributed by atoms with Crippen molar-refractivity contribution in [3.63, 3.8) is 0 Å². The van der Waals surface area contributed by atoms with Crippen LogP contribution in [0.1, 0.15) is 157 Å². The second-order valence-electron chi connectivity index (χ2n) is 21.4. The summed E-state index contributed by atoms with van der Waals surface area (Å²) >= 11 is 0. The van der Waals surface area contributed by atoms with Gasteiger partial charge in [-0.05, 0) is 188 Å². The first-order chi connectivity index (χ1) is 28.6. The van der Waals surface area contributed by atoms with E-state index in [4.69, 9.17) is 14.2 Å². The van der Waals surface area contributed by atoms with Gasteiger partial charge in [0, 0.05) is 70.1 Å². The number of hydrogen-bond donors (Lipinski definition) is 1. The van der Waals surface area contributed by atoms with Crippen LogP contribution in [0.25, 0.3) is 0 Å². The van der Waals surface area contributed by atoms with Crippen molar-refractivity contribution in [1.29, 1.82) is 0 Å². The molecule has 0 bridgehead atoms. The molecule has 0 radical (unpaired) electrons. The second kappa shape index (κ2) is 18.1. The third-order valence-electron chi connectivity index (χ3n) is 16.3. The van der Waals surface area contributed by atoms with E-state index >= 15 is 0 Å². The van der Waals surface area contributed by atoms with Crippen LogP contribution in [-0.4, -0.2) is 117 Å². The second-order valence-corrected chi connectivity index (χ2v) is 21.4. The van der Waals surface area contributed by atoms with Gasteiger partial charge in [0.2, 0.25) is 0 Å². The van der Waals surface area contributed by atoms with Crippen molar-refractivity contribution in [2.45, 2.75) is 152 Å². The normalized spacial score (nSPS) is 28.6. The summed E-state index contributed by atoms with van der Waals surface area (Å²) in [6.07, 6.45) is 18.0. The summed E-state index contributed by atoms with van der Waals surface area (Å²) < 4.78 is 16.8. The average Bonchev–Trinajstić information content (AvgIpc) is 3.91. The average molecular weight is 809 g/mol. The quantitative estimate of drug-likeness (QED) is 0.312. The maximum absolute atomic E-state index is 12.4. The van der Waals surface area contributed by atoms with E-state index in [1.165, 1.54) is 129 Å². The minimum Gasteiger partial charge on any atom is -0.444 e. The van der Waals surface area contributed by atoms with E-state index in [1.54, 1.807) is 22.3 Å². The fraction of sp³-hybridized carbons (Fsp3) is 0.745. The molecule has 10 rings (SSSR count). The van der Waals surface area contributed by atoms with Gasteiger partial charge in [0.1, 0.15) is 5.60 Å². The Morgan fingerprint density at radius 3 is 1.36 bits per heavy atom. The van der Waals surface area contributed by atoms with Crippen LogP contribution in [0, 0.1) is 10.8 Å². The molecule has 2 saturated carbocycles. The van der Waals surface area contributed by atoms with Gasteiger partial charge >= 0.3 is 6.09 Å². The fourth-order valence-corrected chi connectivity index (χ4v) is 13.0. The molecule has 2 atom stereocenters.